The average molecular weight is 273 g/mol. The molecule has 0 aromatic carbocycles. The lowest BCUT2D eigenvalue weighted by Crippen LogP contribution is -2.35. The van der Waals surface area contributed by atoms with Crippen LogP contribution in [0.25, 0.3) is 0 Å². The lowest BCUT2D eigenvalue weighted by Gasteiger charge is -2.06. The van der Waals surface area contributed by atoms with Crippen LogP contribution in [0.3, 0.4) is 0 Å². The third kappa shape index (κ3) is 4.26. The number of nitrogens with one attached hydrogen (secondary N) is 2. The number of carbonyl (C=O) groups is 1. The number of amides is 1. The molecule has 0 aliphatic rings. The van der Waals surface area contributed by atoms with Gasteiger partial charge in [0.1, 0.15) is 0 Å². The minimum absolute atomic E-state index is 0.00193. The number of nitrogens with zero attached hydrogens (tertiary/aromatic N) is 2. The van der Waals surface area contributed by atoms with Gasteiger partial charge < -0.3 is 11.1 Å². The Labute approximate surface area is 105 Å². The molecule has 0 aliphatic heterocycles. The Morgan fingerprint density at radius 1 is 1.33 bits per heavy atom. The van der Waals surface area contributed by atoms with Crippen molar-refractivity contribution in [1.29, 1.82) is 0 Å². The van der Waals surface area contributed by atoms with E-state index in [2.05, 4.69) is 20.0 Å². The van der Waals surface area contributed by atoms with E-state index >= 15 is 0 Å². The van der Waals surface area contributed by atoms with Crippen molar-refractivity contribution in [3.8, 4) is 0 Å². The SMILES string of the molecule is CCS(=O)(=O)NCCNC(=O)c1nccnc1N. The first kappa shape index (κ1) is 14.3. The number of hydrogen-bond donors (Lipinski definition) is 3. The van der Waals surface area contributed by atoms with Gasteiger partial charge in [-0.25, -0.2) is 23.1 Å². The molecule has 1 aromatic heterocycles. The van der Waals surface area contributed by atoms with Crippen molar-refractivity contribution in [2.75, 3.05) is 24.6 Å². The van der Waals surface area contributed by atoms with Gasteiger partial charge in [-0.15, -0.1) is 0 Å². The molecule has 0 saturated carbocycles. The van der Waals surface area contributed by atoms with Gasteiger partial charge in [0, 0.05) is 25.5 Å². The highest BCUT2D eigenvalue weighted by Crippen LogP contribution is 2.01. The van der Waals surface area contributed by atoms with E-state index in [1.54, 1.807) is 0 Å². The lowest BCUT2D eigenvalue weighted by atomic mass is 10.4. The van der Waals surface area contributed by atoms with Crippen molar-refractivity contribution in [3.05, 3.63) is 18.1 Å². The number of nitrogens with two attached hydrogens (primary N) is 1. The third-order valence-corrected chi connectivity index (χ3v) is 3.46. The van der Waals surface area contributed by atoms with Crippen molar-refractivity contribution in [2.45, 2.75) is 6.92 Å². The number of aromatic nitrogens is 2. The molecule has 0 bridgehead atoms. The molecule has 0 radical (unpaired) electrons. The Morgan fingerprint density at radius 3 is 2.61 bits per heavy atom. The summed E-state index contributed by atoms with van der Waals surface area (Å²) < 4.78 is 24.5. The van der Waals surface area contributed by atoms with Crippen molar-refractivity contribution in [3.63, 3.8) is 0 Å². The van der Waals surface area contributed by atoms with Crippen molar-refractivity contribution in [2.24, 2.45) is 0 Å². The Morgan fingerprint density at radius 2 is 2.00 bits per heavy atom. The van der Waals surface area contributed by atoms with Gasteiger partial charge in [0.15, 0.2) is 11.5 Å². The Kier molecular flexibility index (Phi) is 4.98. The molecule has 0 atom stereocenters. The Hall–Kier alpha value is -1.74. The first-order chi connectivity index (χ1) is 8.46. The van der Waals surface area contributed by atoms with E-state index in [1.807, 2.05) is 0 Å². The second-order valence-electron chi connectivity index (χ2n) is 3.34. The average Bonchev–Trinajstić information content (AvgIpc) is 2.35. The van der Waals surface area contributed by atoms with E-state index in [4.69, 9.17) is 5.73 Å². The van der Waals surface area contributed by atoms with Crippen LogP contribution >= 0.6 is 0 Å². The summed E-state index contributed by atoms with van der Waals surface area (Å²) in [5.74, 6) is -0.460. The predicted molar refractivity (Wildman–Crippen MR) is 66.2 cm³/mol. The highest BCUT2D eigenvalue weighted by atomic mass is 32.2. The van der Waals surface area contributed by atoms with Crippen LogP contribution < -0.4 is 15.8 Å². The minimum atomic E-state index is -3.24. The van der Waals surface area contributed by atoms with Crippen molar-refractivity contribution in [1.82, 2.24) is 20.0 Å². The molecule has 9 heteroatoms. The number of sulfonamides is 1. The summed E-state index contributed by atoms with van der Waals surface area (Å²) in [4.78, 5) is 19.1. The van der Waals surface area contributed by atoms with Crippen LogP contribution in [-0.2, 0) is 10.0 Å². The van der Waals surface area contributed by atoms with Crippen LogP contribution in [0.15, 0.2) is 12.4 Å². The summed E-state index contributed by atoms with van der Waals surface area (Å²) in [6, 6.07) is 0. The van der Waals surface area contributed by atoms with Gasteiger partial charge >= 0.3 is 0 Å². The first-order valence-electron chi connectivity index (χ1n) is 5.28. The second kappa shape index (κ2) is 6.26. The second-order valence-corrected chi connectivity index (χ2v) is 5.44. The number of anilines is 1. The lowest BCUT2D eigenvalue weighted by molar-refractivity contribution is 0.0950. The number of rotatable bonds is 6. The van der Waals surface area contributed by atoms with Gasteiger partial charge in [-0.3, -0.25) is 4.79 Å². The number of hydrogen-bond acceptors (Lipinski definition) is 6. The van der Waals surface area contributed by atoms with E-state index in [9.17, 15) is 13.2 Å². The summed E-state index contributed by atoms with van der Waals surface area (Å²) in [5.41, 5.74) is 5.49. The maximum atomic E-state index is 11.6. The van der Waals surface area contributed by atoms with Crippen LogP contribution in [0.4, 0.5) is 5.82 Å². The molecule has 0 unspecified atom stereocenters. The largest absolute Gasteiger partial charge is 0.382 e. The summed E-state index contributed by atoms with van der Waals surface area (Å²) in [7, 11) is -3.24. The van der Waals surface area contributed by atoms with E-state index in [1.165, 1.54) is 19.3 Å². The van der Waals surface area contributed by atoms with Crippen molar-refractivity contribution >= 4 is 21.7 Å². The minimum Gasteiger partial charge on any atom is -0.382 e. The molecular formula is C9H15N5O3S. The molecule has 1 aromatic rings. The third-order valence-electron chi connectivity index (χ3n) is 2.05. The zero-order chi connectivity index (χ0) is 13.6. The fraction of sp³-hybridized carbons (Fsp3) is 0.444. The molecule has 4 N–H and O–H groups in total. The Balaban J connectivity index is 2.42. The van der Waals surface area contributed by atoms with Crippen LogP contribution in [0.5, 0.6) is 0 Å². The zero-order valence-electron chi connectivity index (χ0n) is 9.88. The van der Waals surface area contributed by atoms with Crippen LogP contribution in [0.1, 0.15) is 17.4 Å². The van der Waals surface area contributed by atoms with Gasteiger partial charge in [-0.2, -0.15) is 0 Å². The smallest absolute Gasteiger partial charge is 0.273 e. The highest BCUT2D eigenvalue weighted by Gasteiger charge is 2.11. The van der Waals surface area contributed by atoms with Gasteiger partial charge in [0.2, 0.25) is 10.0 Å². The fourth-order valence-electron chi connectivity index (χ4n) is 1.09. The van der Waals surface area contributed by atoms with E-state index in [-0.39, 0.29) is 30.4 Å². The van der Waals surface area contributed by atoms with Gasteiger partial charge in [-0.05, 0) is 6.92 Å². The Bertz CT molecular complexity index is 517. The van der Waals surface area contributed by atoms with Gasteiger partial charge in [-0.1, -0.05) is 0 Å². The highest BCUT2D eigenvalue weighted by molar-refractivity contribution is 7.89. The zero-order valence-corrected chi connectivity index (χ0v) is 10.7. The fourth-order valence-corrected chi connectivity index (χ4v) is 1.71. The molecule has 0 saturated heterocycles. The van der Waals surface area contributed by atoms with Crippen LogP contribution in [-0.4, -0.2) is 43.1 Å². The molecule has 18 heavy (non-hydrogen) atoms. The maximum absolute atomic E-state index is 11.6. The molecule has 100 valence electrons. The van der Waals surface area contributed by atoms with Crippen LogP contribution in [0, 0.1) is 0 Å². The molecular weight excluding hydrogens is 258 g/mol. The summed E-state index contributed by atoms with van der Waals surface area (Å²) in [5, 5.41) is 2.49. The summed E-state index contributed by atoms with van der Waals surface area (Å²) in [6.07, 6.45) is 2.73. The predicted octanol–water partition coefficient (Wildman–Crippen LogP) is -1.27. The molecule has 1 amide bonds. The quantitative estimate of drug-likeness (QED) is 0.554. The number of nitrogen functional groups attached to an aromatic ring is 1. The molecule has 0 aliphatic carbocycles. The van der Waals surface area contributed by atoms with Gasteiger partial charge in [0.05, 0.1) is 5.75 Å². The summed E-state index contributed by atoms with van der Waals surface area (Å²) in [6.45, 7) is 1.79. The first-order valence-corrected chi connectivity index (χ1v) is 6.93. The van der Waals surface area contributed by atoms with Gasteiger partial charge in [0.25, 0.3) is 5.91 Å². The topological polar surface area (TPSA) is 127 Å². The molecule has 1 heterocycles. The summed E-state index contributed by atoms with van der Waals surface area (Å²) >= 11 is 0. The molecule has 0 spiro atoms. The monoisotopic (exact) mass is 273 g/mol. The van der Waals surface area contributed by atoms with E-state index in [0.717, 1.165) is 0 Å². The van der Waals surface area contributed by atoms with Crippen LogP contribution in [0.2, 0.25) is 0 Å². The van der Waals surface area contributed by atoms with E-state index < -0.39 is 15.9 Å². The molecule has 8 nitrogen and oxygen atoms in total. The molecule has 1 rings (SSSR count). The van der Waals surface area contributed by atoms with E-state index in [0.29, 0.717) is 0 Å². The standard InChI is InChI=1S/C9H15N5O3S/c1-2-18(16,17)14-6-5-13-9(15)7-8(10)12-4-3-11-7/h3-4,14H,2,5-6H2,1H3,(H2,10,12)(H,13,15). The van der Waals surface area contributed by atoms with Crippen molar-refractivity contribution < 1.29 is 13.2 Å². The normalized spacial score (nSPS) is 11.2. The number of carbonyl (C=O) groups excluding carboxylic acids is 1. The maximum Gasteiger partial charge on any atom is 0.273 e. The molecule has 0 fully saturated rings.